The molecule has 2 rings (SSSR count). The zero-order chi connectivity index (χ0) is 12.3. The van der Waals surface area contributed by atoms with E-state index in [1.807, 2.05) is 24.3 Å². The Labute approximate surface area is 112 Å². The van der Waals surface area contributed by atoms with Crippen LogP contribution in [0.4, 0.5) is 0 Å². The van der Waals surface area contributed by atoms with E-state index >= 15 is 0 Å². The van der Waals surface area contributed by atoms with Gasteiger partial charge in [0, 0.05) is 9.64 Å². The molecule has 0 amide bonds. The number of hydrogen-bond donors (Lipinski definition) is 0. The highest BCUT2D eigenvalue weighted by molar-refractivity contribution is 14.1. The Morgan fingerprint density at radius 3 is 2.65 bits per heavy atom. The fraction of sp³-hybridized carbons (Fsp3) is 0.167. The van der Waals surface area contributed by atoms with Crippen LogP contribution in [0.3, 0.4) is 0 Å². The maximum Gasteiger partial charge on any atom is 0.268 e. The Morgan fingerprint density at radius 2 is 2.06 bits per heavy atom. The number of ether oxygens (including phenoxy) is 1. The van der Waals surface area contributed by atoms with Crippen molar-refractivity contribution in [2.24, 2.45) is 0 Å². The second-order valence-electron chi connectivity index (χ2n) is 3.52. The third-order valence-corrected chi connectivity index (χ3v) is 2.92. The van der Waals surface area contributed by atoms with E-state index in [-0.39, 0.29) is 5.56 Å². The van der Waals surface area contributed by atoms with E-state index in [0.717, 1.165) is 14.9 Å². The number of rotatable bonds is 3. The molecule has 0 radical (unpaired) electrons. The van der Waals surface area contributed by atoms with Gasteiger partial charge in [-0.3, -0.25) is 4.79 Å². The molecule has 17 heavy (non-hydrogen) atoms. The molecule has 5 heteroatoms. The van der Waals surface area contributed by atoms with Crippen molar-refractivity contribution < 1.29 is 4.74 Å². The topological polar surface area (TPSA) is 44.1 Å². The predicted molar refractivity (Wildman–Crippen MR) is 73.3 cm³/mol. The van der Waals surface area contributed by atoms with Gasteiger partial charge in [-0.15, -0.1) is 0 Å². The van der Waals surface area contributed by atoms with E-state index in [2.05, 4.69) is 27.7 Å². The van der Waals surface area contributed by atoms with Gasteiger partial charge < -0.3 is 4.74 Å². The van der Waals surface area contributed by atoms with Crippen molar-refractivity contribution in [2.45, 2.75) is 6.54 Å². The molecule has 0 bridgehead atoms. The maximum atomic E-state index is 11.6. The smallest absolute Gasteiger partial charge is 0.268 e. The molecule has 0 saturated carbocycles. The summed E-state index contributed by atoms with van der Waals surface area (Å²) in [6.45, 7) is 0.472. The Balaban J connectivity index is 2.22. The lowest BCUT2D eigenvalue weighted by Crippen LogP contribution is -2.22. The molecule has 1 aromatic carbocycles. The first-order valence-corrected chi connectivity index (χ1v) is 6.12. The van der Waals surface area contributed by atoms with Gasteiger partial charge in [0.05, 0.1) is 19.9 Å². The molecule has 4 nitrogen and oxygen atoms in total. The van der Waals surface area contributed by atoms with Crippen molar-refractivity contribution in [1.82, 2.24) is 9.78 Å². The molecule has 0 fully saturated rings. The van der Waals surface area contributed by atoms with Crippen molar-refractivity contribution in [3.05, 3.63) is 56.0 Å². The third kappa shape index (κ3) is 3.06. The largest absolute Gasteiger partial charge is 0.497 e. The molecule has 2 aromatic rings. The van der Waals surface area contributed by atoms with Gasteiger partial charge in [-0.2, -0.15) is 5.10 Å². The summed E-state index contributed by atoms with van der Waals surface area (Å²) in [6, 6.07) is 9.15. The molecule has 0 saturated heterocycles. The van der Waals surface area contributed by atoms with Gasteiger partial charge in [0.1, 0.15) is 5.75 Å². The van der Waals surface area contributed by atoms with Crippen molar-refractivity contribution in [3.8, 4) is 5.75 Å². The van der Waals surface area contributed by atoms with Crippen LogP contribution >= 0.6 is 22.6 Å². The van der Waals surface area contributed by atoms with Crippen LogP contribution in [0, 0.1) is 3.57 Å². The Morgan fingerprint density at radius 1 is 1.35 bits per heavy atom. The van der Waals surface area contributed by atoms with Crippen molar-refractivity contribution in [1.29, 1.82) is 0 Å². The molecule has 0 unspecified atom stereocenters. The normalized spacial score (nSPS) is 10.2. The molecule has 0 N–H and O–H groups in total. The molecule has 1 aromatic heterocycles. The zero-order valence-corrected chi connectivity index (χ0v) is 11.4. The molecular weight excluding hydrogens is 331 g/mol. The van der Waals surface area contributed by atoms with E-state index in [1.165, 1.54) is 4.68 Å². The number of aromatic nitrogens is 2. The van der Waals surface area contributed by atoms with Gasteiger partial charge in [0.15, 0.2) is 0 Å². The van der Waals surface area contributed by atoms with Crippen LogP contribution in [0.2, 0.25) is 0 Å². The molecular formula is C12H11IN2O2. The van der Waals surface area contributed by atoms with E-state index in [1.54, 1.807) is 19.4 Å². The minimum atomic E-state index is -0.0901. The lowest BCUT2D eigenvalue weighted by molar-refractivity contribution is 0.414. The zero-order valence-electron chi connectivity index (χ0n) is 9.26. The summed E-state index contributed by atoms with van der Waals surface area (Å²) in [5.41, 5.74) is 0.925. The summed E-state index contributed by atoms with van der Waals surface area (Å²) in [5, 5.41) is 4.08. The number of methoxy groups -OCH3 is 1. The second kappa shape index (κ2) is 5.31. The summed E-state index contributed by atoms with van der Waals surface area (Å²) in [6.07, 6.45) is 1.67. The van der Waals surface area contributed by atoms with Gasteiger partial charge >= 0.3 is 0 Å². The second-order valence-corrected chi connectivity index (χ2v) is 4.76. The molecule has 0 spiro atoms. The Hall–Kier alpha value is -1.37. The van der Waals surface area contributed by atoms with E-state index in [0.29, 0.717) is 6.54 Å². The molecule has 88 valence electrons. The summed E-state index contributed by atoms with van der Waals surface area (Å²) in [4.78, 5) is 11.6. The summed E-state index contributed by atoms with van der Waals surface area (Å²) in [5.74, 6) is 0.802. The summed E-state index contributed by atoms with van der Waals surface area (Å²) in [7, 11) is 1.63. The van der Waals surface area contributed by atoms with Crippen LogP contribution in [0.25, 0.3) is 0 Å². The first-order chi connectivity index (χ1) is 8.19. The molecule has 0 aliphatic rings. The van der Waals surface area contributed by atoms with E-state index in [9.17, 15) is 4.79 Å². The lowest BCUT2D eigenvalue weighted by atomic mass is 10.2. The predicted octanol–water partition coefficient (Wildman–Crippen LogP) is 1.90. The van der Waals surface area contributed by atoms with Crippen LogP contribution < -0.4 is 10.3 Å². The van der Waals surface area contributed by atoms with Crippen molar-refractivity contribution in [3.63, 3.8) is 0 Å². The molecule has 0 atom stereocenters. The van der Waals surface area contributed by atoms with Gasteiger partial charge in [-0.25, -0.2) is 4.68 Å². The van der Waals surface area contributed by atoms with Crippen LogP contribution in [-0.4, -0.2) is 16.9 Å². The van der Waals surface area contributed by atoms with Crippen LogP contribution in [0.5, 0.6) is 5.75 Å². The standard InChI is InChI=1S/C12H11IN2O2/c1-17-11-4-2-9(3-5-11)8-15-12(16)6-10(13)7-14-15/h2-7H,8H2,1H3. The average Bonchev–Trinajstić information content (AvgIpc) is 2.34. The van der Waals surface area contributed by atoms with Crippen LogP contribution in [-0.2, 0) is 6.54 Å². The fourth-order valence-corrected chi connectivity index (χ4v) is 1.83. The number of halogens is 1. The highest BCUT2D eigenvalue weighted by Crippen LogP contribution is 2.11. The van der Waals surface area contributed by atoms with Crippen LogP contribution in [0.1, 0.15) is 5.56 Å². The monoisotopic (exact) mass is 342 g/mol. The van der Waals surface area contributed by atoms with E-state index in [4.69, 9.17) is 4.74 Å². The lowest BCUT2D eigenvalue weighted by Gasteiger charge is -2.05. The maximum absolute atomic E-state index is 11.6. The minimum Gasteiger partial charge on any atom is -0.497 e. The highest BCUT2D eigenvalue weighted by Gasteiger charge is 2.00. The van der Waals surface area contributed by atoms with Crippen LogP contribution in [0.15, 0.2) is 41.3 Å². The average molecular weight is 342 g/mol. The number of nitrogens with zero attached hydrogens (tertiary/aromatic N) is 2. The van der Waals surface area contributed by atoms with Gasteiger partial charge in [-0.1, -0.05) is 12.1 Å². The first kappa shape index (κ1) is 12.1. The fourth-order valence-electron chi connectivity index (χ4n) is 1.43. The number of hydrogen-bond acceptors (Lipinski definition) is 3. The highest BCUT2D eigenvalue weighted by atomic mass is 127. The summed E-state index contributed by atoms with van der Waals surface area (Å²) >= 11 is 2.07. The Kier molecular flexibility index (Phi) is 3.78. The molecule has 0 aliphatic heterocycles. The number of benzene rings is 1. The van der Waals surface area contributed by atoms with Crippen molar-refractivity contribution in [2.75, 3.05) is 7.11 Å². The quantitative estimate of drug-likeness (QED) is 0.801. The van der Waals surface area contributed by atoms with Gasteiger partial charge in [0.2, 0.25) is 0 Å². The first-order valence-electron chi connectivity index (χ1n) is 5.04. The van der Waals surface area contributed by atoms with E-state index < -0.39 is 0 Å². The van der Waals surface area contributed by atoms with Crippen molar-refractivity contribution >= 4 is 22.6 Å². The Bertz CT molecular complexity index is 563. The minimum absolute atomic E-state index is 0.0901. The summed E-state index contributed by atoms with van der Waals surface area (Å²) < 4.78 is 7.35. The molecule has 1 heterocycles. The van der Waals surface area contributed by atoms with Gasteiger partial charge in [0.25, 0.3) is 5.56 Å². The third-order valence-electron chi connectivity index (χ3n) is 2.33. The SMILES string of the molecule is COc1ccc(Cn2ncc(I)cc2=O)cc1. The molecule has 0 aliphatic carbocycles. The van der Waals surface area contributed by atoms with Gasteiger partial charge in [-0.05, 0) is 40.3 Å².